The van der Waals surface area contributed by atoms with Crippen LogP contribution in [-0.2, 0) is 4.79 Å². The van der Waals surface area contributed by atoms with E-state index < -0.39 is 0 Å². The first kappa shape index (κ1) is 16.7. The number of carbonyl (C=O) groups excluding carboxylic acids is 1. The smallest absolute Gasteiger partial charge is 0.257 e. The normalized spacial score (nSPS) is 16.4. The topological polar surface area (TPSA) is 68.2 Å². The fourth-order valence-corrected chi connectivity index (χ4v) is 2.94. The van der Waals surface area contributed by atoms with Crippen molar-refractivity contribution >= 4 is 11.6 Å². The predicted octanol–water partition coefficient (Wildman–Crippen LogP) is 3.06. The third-order valence-corrected chi connectivity index (χ3v) is 4.25. The van der Waals surface area contributed by atoms with E-state index >= 15 is 0 Å². The van der Waals surface area contributed by atoms with Crippen LogP contribution in [0.15, 0.2) is 48.6 Å². The SMILES string of the molecule is C=C1C(=O)N(c2ccc(OC)cc2OC)C1c1ccc(OC)c(O)c1. The van der Waals surface area contributed by atoms with Crippen molar-refractivity contribution in [2.45, 2.75) is 6.04 Å². The van der Waals surface area contributed by atoms with Crippen LogP contribution in [0, 0.1) is 0 Å². The Balaban J connectivity index is 2.02. The number of nitrogens with zero attached hydrogens (tertiary/aromatic N) is 1. The van der Waals surface area contributed by atoms with Gasteiger partial charge >= 0.3 is 0 Å². The van der Waals surface area contributed by atoms with E-state index in [1.54, 1.807) is 48.4 Å². The largest absolute Gasteiger partial charge is 0.504 e. The number of phenolic OH excluding ortho intramolecular Hbond substituents is 1. The third kappa shape index (κ3) is 2.65. The van der Waals surface area contributed by atoms with Crippen molar-refractivity contribution < 1.29 is 24.1 Å². The lowest BCUT2D eigenvalue weighted by Crippen LogP contribution is -2.49. The molecule has 25 heavy (non-hydrogen) atoms. The van der Waals surface area contributed by atoms with Crippen molar-refractivity contribution in [1.29, 1.82) is 0 Å². The minimum atomic E-state index is -0.383. The number of amides is 1. The molecule has 3 rings (SSSR count). The van der Waals surface area contributed by atoms with Crippen molar-refractivity contribution in [1.82, 2.24) is 0 Å². The van der Waals surface area contributed by atoms with E-state index in [1.807, 2.05) is 0 Å². The zero-order valence-corrected chi connectivity index (χ0v) is 14.3. The van der Waals surface area contributed by atoms with Gasteiger partial charge in [-0.1, -0.05) is 12.6 Å². The Hall–Kier alpha value is -3.15. The van der Waals surface area contributed by atoms with Gasteiger partial charge in [0.05, 0.1) is 33.1 Å². The van der Waals surface area contributed by atoms with Crippen LogP contribution < -0.4 is 19.1 Å². The maximum atomic E-state index is 12.4. The molecule has 1 aliphatic rings. The molecule has 0 spiro atoms. The highest BCUT2D eigenvalue weighted by Crippen LogP contribution is 2.47. The van der Waals surface area contributed by atoms with Crippen molar-refractivity contribution in [2.24, 2.45) is 0 Å². The Bertz CT molecular complexity index is 846. The highest BCUT2D eigenvalue weighted by Gasteiger charge is 2.44. The minimum Gasteiger partial charge on any atom is -0.504 e. The Morgan fingerprint density at radius 1 is 1.00 bits per heavy atom. The summed E-state index contributed by atoms with van der Waals surface area (Å²) in [6.07, 6.45) is 0. The maximum absolute atomic E-state index is 12.4. The van der Waals surface area contributed by atoms with Crippen molar-refractivity contribution in [3.05, 3.63) is 54.1 Å². The Morgan fingerprint density at radius 2 is 1.72 bits per heavy atom. The molecule has 0 aliphatic carbocycles. The van der Waals surface area contributed by atoms with Crippen molar-refractivity contribution in [3.63, 3.8) is 0 Å². The van der Waals surface area contributed by atoms with E-state index in [0.29, 0.717) is 28.5 Å². The van der Waals surface area contributed by atoms with Crippen molar-refractivity contribution in [3.8, 4) is 23.0 Å². The average Bonchev–Trinajstić information content (AvgIpc) is 2.64. The van der Waals surface area contributed by atoms with Gasteiger partial charge in [0.25, 0.3) is 5.91 Å². The molecule has 2 aromatic rings. The molecule has 1 fully saturated rings. The lowest BCUT2D eigenvalue weighted by atomic mass is 9.88. The van der Waals surface area contributed by atoms with Gasteiger partial charge in [-0.05, 0) is 29.8 Å². The van der Waals surface area contributed by atoms with Crippen LogP contribution in [0.3, 0.4) is 0 Å². The van der Waals surface area contributed by atoms with Crippen LogP contribution >= 0.6 is 0 Å². The number of anilines is 1. The molecule has 1 amide bonds. The molecule has 6 nitrogen and oxygen atoms in total. The van der Waals surface area contributed by atoms with Gasteiger partial charge in [-0.2, -0.15) is 0 Å². The number of hydrogen-bond acceptors (Lipinski definition) is 5. The van der Waals surface area contributed by atoms with Crippen LogP contribution in [0.25, 0.3) is 0 Å². The quantitative estimate of drug-likeness (QED) is 0.669. The zero-order valence-electron chi connectivity index (χ0n) is 14.3. The molecule has 2 aromatic carbocycles. The highest BCUT2D eigenvalue weighted by molar-refractivity contribution is 6.15. The standard InChI is InChI=1S/C19H19NO5/c1-11-18(12-5-8-16(24-3)15(21)9-12)20(19(11)22)14-7-6-13(23-2)10-17(14)25-4/h5-10,18,21H,1H2,2-4H3. The van der Waals surface area contributed by atoms with E-state index in [1.165, 1.54) is 14.2 Å². The summed E-state index contributed by atoms with van der Waals surface area (Å²) < 4.78 is 15.7. The number of phenols is 1. The average molecular weight is 341 g/mol. The monoisotopic (exact) mass is 341 g/mol. The summed E-state index contributed by atoms with van der Waals surface area (Å²) in [5, 5.41) is 10.0. The molecule has 1 aliphatic heterocycles. The lowest BCUT2D eigenvalue weighted by Gasteiger charge is -2.43. The van der Waals surface area contributed by atoms with E-state index in [4.69, 9.17) is 14.2 Å². The summed E-state index contributed by atoms with van der Waals surface area (Å²) in [4.78, 5) is 14.0. The summed E-state index contributed by atoms with van der Waals surface area (Å²) >= 11 is 0. The van der Waals surface area contributed by atoms with E-state index in [2.05, 4.69) is 6.58 Å². The summed E-state index contributed by atoms with van der Waals surface area (Å²) in [6.45, 7) is 3.87. The number of carbonyl (C=O) groups is 1. The lowest BCUT2D eigenvalue weighted by molar-refractivity contribution is -0.119. The van der Waals surface area contributed by atoms with Crippen LogP contribution in [0.1, 0.15) is 11.6 Å². The molecule has 6 heteroatoms. The predicted molar refractivity (Wildman–Crippen MR) is 93.6 cm³/mol. The summed E-state index contributed by atoms with van der Waals surface area (Å²) in [5.41, 5.74) is 1.80. The Morgan fingerprint density at radius 3 is 2.32 bits per heavy atom. The number of aromatic hydroxyl groups is 1. The first-order valence-electron chi connectivity index (χ1n) is 7.63. The molecule has 1 heterocycles. The summed E-state index contributed by atoms with van der Waals surface area (Å²) in [6, 6.07) is 9.88. The van der Waals surface area contributed by atoms with Crippen LogP contribution in [0.4, 0.5) is 5.69 Å². The van der Waals surface area contributed by atoms with Gasteiger partial charge in [0.15, 0.2) is 11.5 Å². The molecular weight excluding hydrogens is 322 g/mol. The minimum absolute atomic E-state index is 0.00814. The van der Waals surface area contributed by atoms with Gasteiger partial charge in [-0.15, -0.1) is 0 Å². The van der Waals surface area contributed by atoms with Gasteiger partial charge < -0.3 is 19.3 Å². The van der Waals surface area contributed by atoms with Gasteiger partial charge in [-0.3, -0.25) is 9.69 Å². The van der Waals surface area contributed by atoms with Gasteiger partial charge in [0, 0.05) is 11.6 Å². The van der Waals surface area contributed by atoms with Crippen LogP contribution in [0.2, 0.25) is 0 Å². The number of ether oxygens (including phenoxy) is 3. The molecule has 1 unspecified atom stereocenters. The molecule has 0 radical (unpaired) electrons. The van der Waals surface area contributed by atoms with Crippen LogP contribution in [0.5, 0.6) is 23.0 Å². The maximum Gasteiger partial charge on any atom is 0.257 e. The number of benzene rings is 2. The Kier molecular flexibility index (Phi) is 4.27. The van der Waals surface area contributed by atoms with Gasteiger partial charge in [0.2, 0.25) is 0 Å². The summed E-state index contributed by atoms with van der Waals surface area (Å²) in [7, 11) is 4.58. The fourth-order valence-electron chi connectivity index (χ4n) is 2.94. The number of rotatable bonds is 5. The van der Waals surface area contributed by atoms with E-state index in [0.717, 1.165) is 5.56 Å². The zero-order chi connectivity index (χ0) is 18.1. The van der Waals surface area contributed by atoms with E-state index in [-0.39, 0.29) is 17.7 Å². The van der Waals surface area contributed by atoms with Gasteiger partial charge in [-0.25, -0.2) is 0 Å². The highest BCUT2D eigenvalue weighted by atomic mass is 16.5. The second-order valence-corrected chi connectivity index (χ2v) is 5.57. The Labute approximate surface area is 145 Å². The first-order valence-corrected chi connectivity index (χ1v) is 7.63. The molecule has 0 saturated carbocycles. The molecule has 130 valence electrons. The van der Waals surface area contributed by atoms with Crippen LogP contribution in [-0.4, -0.2) is 32.3 Å². The number of β-lactam (4-membered cyclic amide) rings is 1. The number of hydrogen-bond donors (Lipinski definition) is 1. The molecule has 0 bridgehead atoms. The molecule has 0 aromatic heterocycles. The first-order chi connectivity index (χ1) is 12.0. The van der Waals surface area contributed by atoms with Crippen molar-refractivity contribution in [2.75, 3.05) is 26.2 Å². The fraction of sp³-hybridized carbons (Fsp3) is 0.211. The number of methoxy groups -OCH3 is 3. The second-order valence-electron chi connectivity index (χ2n) is 5.57. The third-order valence-electron chi connectivity index (χ3n) is 4.25. The molecule has 1 saturated heterocycles. The molecule has 1 N–H and O–H groups in total. The van der Waals surface area contributed by atoms with Gasteiger partial charge in [0.1, 0.15) is 11.5 Å². The molecular formula is C19H19NO5. The second kappa shape index (κ2) is 6.39. The summed E-state index contributed by atoms with van der Waals surface area (Å²) in [5.74, 6) is 1.33. The molecule has 1 atom stereocenters. The van der Waals surface area contributed by atoms with E-state index in [9.17, 15) is 9.90 Å².